The highest BCUT2D eigenvalue weighted by atomic mass is 32.2. The fraction of sp³-hybridized carbons (Fsp3) is 0.207. The molecule has 1 saturated carbocycles. The average Bonchev–Trinajstić information content (AvgIpc) is 2.98. The first kappa shape index (κ1) is 25.0. The molecule has 2 aromatic carbocycles. The number of anilines is 2. The minimum atomic E-state index is -0.497. The second kappa shape index (κ2) is 11.6. The Hall–Kier alpha value is -4.31. The third-order valence-electron chi connectivity index (χ3n) is 6.54. The van der Waals surface area contributed by atoms with Gasteiger partial charge in [-0.25, -0.2) is 14.4 Å². The van der Waals surface area contributed by atoms with E-state index in [1.165, 1.54) is 37.3 Å². The van der Waals surface area contributed by atoms with Gasteiger partial charge in [-0.1, -0.05) is 25.3 Å². The predicted molar refractivity (Wildman–Crippen MR) is 151 cm³/mol. The molecule has 0 spiro atoms. The molecule has 1 aliphatic carbocycles. The van der Waals surface area contributed by atoms with Crippen molar-refractivity contribution in [2.75, 3.05) is 10.0 Å². The molecule has 0 saturated heterocycles. The summed E-state index contributed by atoms with van der Waals surface area (Å²) >= 11 is 1.35. The molecule has 2 N–H and O–H groups in total. The van der Waals surface area contributed by atoms with E-state index in [4.69, 9.17) is 9.72 Å². The minimum absolute atomic E-state index is 0.101. The van der Waals surface area contributed by atoms with Crippen LogP contribution in [-0.2, 0) is 0 Å². The molecule has 10 heteroatoms. The van der Waals surface area contributed by atoms with E-state index in [9.17, 15) is 0 Å². The fourth-order valence-electron chi connectivity index (χ4n) is 4.60. The van der Waals surface area contributed by atoms with E-state index < -0.39 is 5.82 Å². The Morgan fingerprint density at radius 2 is 1.77 bits per heavy atom. The number of aromatic nitrogens is 5. The van der Waals surface area contributed by atoms with Crippen LogP contribution in [0.3, 0.4) is 0 Å². The number of pyridine rings is 1. The SMILES string of the molecule is Fc1cc(NSc2cccc3nccnc23)ccc1Oc1ccncc1-c1ccnc(NC2CCCCC2)n1. The van der Waals surface area contributed by atoms with Crippen molar-refractivity contribution in [3.63, 3.8) is 0 Å². The van der Waals surface area contributed by atoms with Gasteiger partial charge in [-0.2, -0.15) is 0 Å². The van der Waals surface area contributed by atoms with Crippen LogP contribution in [0.2, 0.25) is 0 Å². The van der Waals surface area contributed by atoms with Gasteiger partial charge in [0, 0.05) is 48.8 Å². The standard InChI is InChI=1S/C29H26FN7OS/c30-22-17-20(37-39-27-8-4-7-24-28(27)33-16-15-32-24)9-10-26(22)38-25-12-13-31-18-21(25)23-11-14-34-29(36-23)35-19-5-2-1-3-6-19/h4,7-19,37H,1-3,5-6H2,(H,34,35,36). The first-order valence-corrected chi connectivity index (χ1v) is 13.7. The van der Waals surface area contributed by atoms with Gasteiger partial charge in [0.2, 0.25) is 5.95 Å². The minimum Gasteiger partial charge on any atom is -0.453 e. The molecule has 0 atom stereocenters. The van der Waals surface area contributed by atoms with E-state index in [-0.39, 0.29) is 5.75 Å². The Bertz CT molecular complexity index is 1590. The van der Waals surface area contributed by atoms with E-state index >= 15 is 4.39 Å². The molecule has 39 heavy (non-hydrogen) atoms. The summed E-state index contributed by atoms with van der Waals surface area (Å²) < 4.78 is 24.3. The van der Waals surface area contributed by atoms with Crippen LogP contribution in [0.15, 0.2) is 84.4 Å². The Balaban J connectivity index is 1.17. The molecule has 0 bridgehead atoms. The third-order valence-corrected chi connectivity index (χ3v) is 7.43. The maximum Gasteiger partial charge on any atom is 0.223 e. The van der Waals surface area contributed by atoms with Crippen molar-refractivity contribution in [1.29, 1.82) is 0 Å². The number of halogens is 1. The lowest BCUT2D eigenvalue weighted by Gasteiger charge is -2.22. The van der Waals surface area contributed by atoms with Gasteiger partial charge in [0.1, 0.15) is 11.3 Å². The largest absolute Gasteiger partial charge is 0.453 e. The van der Waals surface area contributed by atoms with Gasteiger partial charge in [0.15, 0.2) is 11.6 Å². The van der Waals surface area contributed by atoms with E-state index in [0.717, 1.165) is 28.8 Å². The molecule has 0 amide bonds. The summed E-state index contributed by atoms with van der Waals surface area (Å²) in [6.07, 6.45) is 14.2. The predicted octanol–water partition coefficient (Wildman–Crippen LogP) is 7.28. The fourth-order valence-corrected chi connectivity index (χ4v) is 5.35. The van der Waals surface area contributed by atoms with Crippen LogP contribution < -0.4 is 14.8 Å². The number of benzene rings is 2. The average molecular weight is 540 g/mol. The number of rotatable bonds is 8. The number of ether oxygens (including phenoxy) is 1. The van der Waals surface area contributed by atoms with E-state index in [2.05, 4.69) is 30.0 Å². The maximum atomic E-state index is 15.1. The van der Waals surface area contributed by atoms with Gasteiger partial charge in [-0.15, -0.1) is 0 Å². The molecule has 8 nitrogen and oxygen atoms in total. The molecule has 3 heterocycles. The van der Waals surface area contributed by atoms with Crippen molar-refractivity contribution in [3.05, 3.63) is 85.3 Å². The highest BCUT2D eigenvalue weighted by Crippen LogP contribution is 2.35. The van der Waals surface area contributed by atoms with Crippen LogP contribution in [0.5, 0.6) is 11.5 Å². The van der Waals surface area contributed by atoms with Gasteiger partial charge in [-0.3, -0.25) is 15.0 Å². The quantitative estimate of drug-likeness (QED) is 0.197. The van der Waals surface area contributed by atoms with Crippen molar-refractivity contribution in [2.24, 2.45) is 0 Å². The van der Waals surface area contributed by atoms with Crippen molar-refractivity contribution >= 4 is 34.6 Å². The summed E-state index contributed by atoms with van der Waals surface area (Å²) in [4.78, 5) is 23.0. The Kier molecular flexibility index (Phi) is 7.44. The number of hydrogen-bond acceptors (Lipinski definition) is 9. The highest BCUT2D eigenvalue weighted by Gasteiger charge is 2.16. The second-order valence-corrected chi connectivity index (χ2v) is 10.1. The first-order valence-electron chi connectivity index (χ1n) is 12.9. The van der Waals surface area contributed by atoms with E-state index in [0.29, 0.717) is 34.7 Å². The molecule has 196 valence electrons. The normalized spacial score (nSPS) is 13.8. The van der Waals surface area contributed by atoms with Gasteiger partial charge < -0.3 is 14.8 Å². The van der Waals surface area contributed by atoms with Crippen LogP contribution in [0.1, 0.15) is 32.1 Å². The number of hydrogen-bond donors (Lipinski definition) is 2. The number of nitrogens with one attached hydrogen (secondary N) is 2. The molecule has 5 aromatic rings. The molecule has 0 radical (unpaired) electrons. The van der Waals surface area contributed by atoms with Crippen LogP contribution >= 0.6 is 11.9 Å². The summed E-state index contributed by atoms with van der Waals surface area (Å²) in [5.74, 6) is 0.633. The summed E-state index contributed by atoms with van der Waals surface area (Å²) in [6, 6.07) is 14.4. The zero-order valence-corrected chi connectivity index (χ0v) is 21.9. The summed E-state index contributed by atoms with van der Waals surface area (Å²) in [7, 11) is 0. The van der Waals surface area contributed by atoms with Gasteiger partial charge >= 0.3 is 0 Å². The highest BCUT2D eigenvalue weighted by molar-refractivity contribution is 8.00. The first-order chi connectivity index (χ1) is 19.2. The molecule has 0 unspecified atom stereocenters. The smallest absolute Gasteiger partial charge is 0.223 e. The topological polar surface area (TPSA) is 97.7 Å². The summed E-state index contributed by atoms with van der Waals surface area (Å²) in [5.41, 5.74) is 3.48. The summed E-state index contributed by atoms with van der Waals surface area (Å²) in [5, 5.41) is 3.45. The maximum absolute atomic E-state index is 15.1. The lowest BCUT2D eigenvalue weighted by atomic mass is 9.96. The molecule has 1 fully saturated rings. The van der Waals surface area contributed by atoms with E-state index in [1.54, 1.807) is 55.2 Å². The van der Waals surface area contributed by atoms with Gasteiger partial charge in [0.25, 0.3) is 0 Å². The molecule has 0 aliphatic heterocycles. The second-order valence-electron chi connectivity index (χ2n) is 9.25. The van der Waals surface area contributed by atoms with Gasteiger partial charge in [0.05, 0.1) is 21.7 Å². The molecule has 6 rings (SSSR count). The zero-order valence-electron chi connectivity index (χ0n) is 21.0. The van der Waals surface area contributed by atoms with Crippen LogP contribution in [-0.4, -0.2) is 31.0 Å². The molecular weight excluding hydrogens is 513 g/mol. The Morgan fingerprint density at radius 1 is 0.872 bits per heavy atom. The zero-order chi connectivity index (χ0) is 26.4. The number of para-hydroxylation sites is 1. The van der Waals surface area contributed by atoms with Crippen molar-refractivity contribution in [3.8, 4) is 22.8 Å². The lowest BCUT2D eigenvalue weighted by molar-refractivity contribution is 0.443. The van der Waals surface area contributed by atoms with Crippen molar-refractivity contribution < 1.29 is 9.13 Å². The monoisotopic (exact) mass is 539 g/mol. The Labute approximate surface area is 229 Å². The van der Waals surface area contributed by atoms with Crippen LogP contribution in [0.4, 0.5) is 16.0 Å². The Morgan fingerprint density at radius 3 is 2.67 bits per heavy atom. The van der Waals surface area contributed by atoms with E-state index in [1.807, 2.05) is 18.2 Å². The number of nitrogens with zero attached hydrogens (tertiary/aromatic N) is 5. The third kappa shape index (κ3) is 5.91. The number of fused-ring (bicyclic) bond motifs is 1. The van der Waals surface area contributed by atoms with Crippen LogP contribution in [0.25, 0.3) is 22.3 Å². The van der Waals surface area contributed by atoms with Gasteiger partial charge in [-0.05, 0) is 61.2 Å². The van der Waals surface area contributed by atoms with Crippen molar-refractivity contribution in [2.45, 2.75) is 43.0 Å². The molecule has 1 aliphatic rings. The van der Waals surface area contributed by atoms with Crippen LogP contribution in [0, 0.1) is 5.82 Å². The molecular formula is C29H26FN7OS. The molecule has 3 aromatic heterocycles. The lowest BCUT2D eigenvalue weighted by Crippen LogP contribution is -2.23. The van der Waals surface area contributed by atoms with Crippen molar-refractivity contribution in [1.82, 2.24) is 24.9 Å². The summed E-state index contributed by atoms with van der Waals surface area (Å²) in [6.45, 7) is 0.